The van der Waals surface area contributed by atoms with Gasteiger partial charge in [-0.1, -0.05) is 93.7 Å². The highest BCUT2D eigenvalue weighted by molar-refractivity contribution is 9.10. The molecule has 0 saturated heterocycles. The summed E-state index contributed by atoms with van der Waals surface area (Å²) in [4.78, 5) is 29.0. The summed E-state index contributed by atoms with van der Waals surface area (Å²) in [5.74, 6) is -0.971. The first-order valence-electron chi connectivity index (χ1n) is 12.9. The molecule has 1 atom stereocenters. The number of sulfonamides is 1. The number of benzene rings is 4. The second-order valence-electron chi connectivity index (χ2n) is 9.39. The van der Waals surface area contributed by atoms with Crippen molar-refractivity contribution in [2.45, 2.75) is 23.9 Å². The van der Waals surface area contributed by atoms with Crippen LogP contribution in [0.5, 0.6) is 0 Å². The van der Waals surface area contributed by atoms with Crippen molar-refractivity contribution in [3.8, 4) is 0 Å². The summed E-state index contributed by atoms with van der Waals surface area (Å²) in [6.45, 7) is -0.567. The van der Waals surface area contributed by atoms with Gasteiger partial charge in [0.05, 0.1) is 20.6 Å². The maximum atomic E-state index is 14.3. The van der Waals surface area contributed by atoms with E-state index in [-0.39, 0.29) is 17.9 Å². The molecule has 0 unspecified atom stereocenters. The molecule has 4 rings (SSSR count). The van der Waals surface area contributed by atoms with Gasteiger partial charge in [-0.2, -0.15) is 0 Å². The molecule has 0 aliphatic rings. The highest BCUT2D eigenvalue weighted by atomic mass is 79.9. The van der Waals surface area contributed by atoms with E-state index in [1.165, 1.54) is 24.1 Å². The molecule has 4 aromatic rings. The minimum absolute atomic E-state index is 0.0137. The first-order chi connectivity index (χ1) is 20.1. The van der Waals surface area contributed by atoms with E-state index in [2.05, 4.69) is 21.2 Å². The zero-order valence-electron chi connectivity index (χ0n) is 22.6. The number of carbonyl (C=O) groups is 2. The highest BCUT2D eigenvalue weighted by Crippen LogP contribution is 2.27. The van der Waals surface area contributed by atoms with E-state index in [9.17, 15) is 18.0 Å². The van der Waals surface area contributed by atoms with Crippen LogP contribution in [0.1, 0.15) is 11.1 Å². The van der Waals surface area contributed by atoms with Crippen LogP contribution in [0, 0.1) is 0 Å². The van der Waals surface area contributed by atoms with Gasteiger partial charge in [-0.25, -0.2) is 8.42 Å². The largest absolute Gasteiger partial charge is 0.357 e. The van der Waals surface area contributed by atoms with Crippen molar-refractivity contribution in [3.63, 3.8) is 0 Å². The molecule has 0 spiro atoms. The van der Waals surface area contributed by atoms with E-state index < -0.39 is 34.4 Å². The first kappa shape index (κ1) is 31.6. The predicted molar refractivity (Wildman–Crippen MR) is 170 cm³/mol. The van der Waals surface area contributed by atoms with E-state index in [4.69, 9.17) is 23.2 Å². The molecule has 4 aromatic carbocycles. The molecule has 11 heteroatoms. The number of likely N-dealkylation sites (N-methyl/N-ethyl adjacent to an activating group) is 1. The van der Waals surface area contributed by atoms with Crippen molar-refractivity contribution in [1.82, 2.24) is 10.2 Å². The van der Waals surface area contributed by atoms with E-state index in [0.29, 0.717) is 21.3 Å². The van der Waals surface area contributed by atoms with Crippen molar-refractivity contribution >= 4 is 66.7 Å². The second-order valence-corrected chi connectivity index (χ2v) is 13.0. The Balaban J connectivity index is 1.79. The van der Waals surface area contributed by atoms with Crippen molar-refractivity contribution in [2.24, 2.45) is 0 Å². The molecular formula is C31H28BrCl2N3O4S. The van der Waals surface area contributed by atoms with Gasteiger partial charge in [0.15, 0.2) is 0 Å². The van der Waals surface area contributed by atoms with Crippen LogP contribution in [0.25, 0.3) is 0 Å². The van der Waals surface area contributed by atoms with Crippen molar-refractivity contribution < 1.29 is 18.0 Å². The summed E-state index contributed by atoms with van der Waals surface area (Å²) in [5, 5.41) is 3.30. The molecule has 7 nitrogen and oxygen atoms in total. The van der Waals surface area contributed by atoms with Crippen molar-refractivity contribution in [2.75, 3.05) is 17.9 Å². The number of nitrogens with one attached hydrogen (secondary N) is 1. The van der Waals surface area contributed by atoms with Gasteiger partial charge in [-0.15, -0.1) is 0 Å². The average Bonchev–Trinajstić information content (AvgIpc) is 3.00. The van der Waals surface area contributed by atoms with E-state index in [0.717, 1.165) is 14.3 Å². The Morgan fingerprint density at radius 2 is 1.45 bits per heavy atom. The minimum Gasteiger partial charge on any atom is -0.357 e. The number of hydrogen-bond acceptors (Lipinski definition) is 4. The predicted octanol–water partition coefficient (Wildman–Crippen LogP) is 6.34. The Hall–Kier alpha value is -3.37. The van der Waals surface area contributed by atoms with Gasteiger partial charge < -0.3 is 10.2 Å². The number of rotatable bonds is 11. The minimum atomic E-state index is -4.16. The second kappa shape index (κ2) is 14.2. The molecule has 1 N–H and O–H groups in total. The third kappa shape index (κ3) is 7.72. The van der Waals surface area contributed by atoms with E-state index in [1.54, 1.807) is 60.7 Å². The molecule has 0 aliphatic carbocycles. The van der Waals surface area contributed by atoms with Gasteiger partial charge in [0.2, 0.25) is 11.8 Å². The summed E-state index contributed by atoms with van der Waals surface area (Å²) in [7, 11) is -2.66. The average molecular weight is 689 g/mol. The summed E-state index contributed by atoms with van der Waals surface area (Å²) < 4.78 is 29.6. The Bertz CT molecular complexity index is 1640. The third-order valence-corrected chi connectivity index (χ3v) is 9.63. The Kier molecular flexibility index (Phi) is 10.7. The van der Waals surface area contributed by atoms with E-state index >= 15 is 0 Å². The molecule has 2 amide bonds. The quantitative estimate of drug-likeness (QED) is 0.199. The van der Waals surface area contributed by atoms with Crippen LogP contribution in [0.3, 0.4) is 0 Å². The maximum absolute atomic E-state index is 14.3. The lowest BCUT2D eigenvalue weighted by molar-refractivity contribution is -0.139. The molecular weight excluding hydrogens is 661 g/mol. The zero-order valence-corrected chi connectivity index (χ0v) is 26.5. The Labute approximate surface area is 264 Å². The summed E-state index contributed by atoms with van der Waals surface area (Å²) in [6, 6.07) is 27.8. The molecule has 0 saturated carbocycles. The van der Waals surface area contributed by atoms with Gasteiger partial charge in [0.1, 0.15) is 12.6 Å². The molecule has 0 fully saturated rings. The molecule has 0 radical (unpaired) electrons. The fourth-order valence-corrected chi connectivity index (χ4v) is 6.43. The topological polar surface area (TPSA) is 86.8 Å². The molecule has 0 heterocycles. The lowest BCUT2D eigenvalue weighted by Gasteiger charge is -2.33. The van der Waals surface area contributed by atoms with Gasteiger partial charge in [-0.3, -0.25) is 13.9 Å². The number of halogens is 3. The van der Waals surface area contributed by atoms with Crippen molar-refractivity contribution in [1.29, 1.82) is 0 Å². The van der Waals surface area contributed by atoms with Crippen LogP contribution >= 0.6 is 39.1 Å². The molecule has 0 bridgehead atoms. The van der Waals surface area contributed by atoms with Gasteiger partial charge >= 0.3 is 0 Å². The summed E-state index contributed by atoms with van der Waals surface area (Å²) in [6.07, 6.45) is 0.206. The summed E-state index contributed by atoms with van der Waals surface area (Å²) in [5.41, 5.74) is 1.75. The SMILES string of the molecule is CNC(=O)[C@H](Cc1ccccc1)N(Cc1ccc(Cl)c(Cl)c1)C(=O)CN(c1ccc(Br)cc1)S(=O)(=O)c1ccccc1. The first-order valence-corrected chi connectivity index (χ1v) is 15.9. The van der Waals surface area contributed by atoms with Crippen molar-refractivity contribution in [3.05, 3.63) is 129 Å². The molecule has 218 valence electrons. The lowest BCUT2D eigenvalue weighted by Crippen LogP contribution is -2.53. The van der Waals surface area contributed by atoms with Crippen LogP contribution in [-0.2, 0) is 32.6 Å². The molecule has 42 heavy (non-hydrogen) atoms. The standard InChI is InChI=1S/C31H28BrCl2N3O4S/c1-35-31(39)29(19-22-8-4-2-5-9-22)36(20-23-12-17-27(33)28(34)18-23)30(38)21-37(25-15-13-24(32)14-16-25)42(40,41)26-10-6-3-7-11-26/h2-18,29H,19-21H2,1H3,(H,35,39)/t29-/m0/s1. The third-order valence-electron chi connectivity index (χ3n) is 6.58. The molecule has 0 aliphatic heterocycles. The monoisotopic (exact) mass is 687 g/mol. The van der Waals surface area contributed by atoms with Gasteiger partial charge in [0.25, 0.3) is 10.0 Å². The molecule has 0 aromatic heterocycles. The number of amides is 2. The smallest absolute Gasteiger partial charge is 0.264 e. The fourth-order valence-electron chi connectivity index (χ4n) is 4.41. The highest BCUT2D eigenvalue weighted by Gasteiger charge is 2.34. The Morgan fingerprint density at radius 3 is 2.05 bits per heavy atom. The fraction of sp³-hybridized carbons (Fsp3) is 0.161. The number of carbonyl (C=O) groups excluding carboxylic acids is 2. The zero-order chi connectivity index (χ0) is 30.3. The van der Waals surface area contributed by atoms with Crippen LogP contribution in [0.15, 0.2) is 112 Å². The van der Waals surface area contributed by atoms with Crippen LogP contribution in [0.2, 0.25) is 10.0 Å². The van der Waals surface area contributed by atoms with Gasteiger partial charge in [-0.05, 0) is 59.7 Å². The van der Waals surface area contributed by atoms with Crippen LogP contribution in [0.4, 0.5) is 5.69 Å². The number of anilines is 1. The number of nitrogens with zero attached hydrogens (tertiary/aromatic N) is 2. The number of hydrogen-bond donors (Lipinski definition) is 1. The lowest BCUT2D eigenvalue weighted by atomic mass is 10.0. The maximum Gasteiger partial charge on any atom is 0.264 e. The van der Waals surface area contributed by atoms with Crippen LogP contribution < -0.4 is 9.62 Å². The Morgan fingerprint density at radius 1 is 0.833 bits per heavy atom. The normalized spacial score (nSPS) is 11.9. The van der Waals surface area contributed by atoms with Gasteiger partial charge in [0, 0.05) is 24.5 Å². The van der Waals surface area contributed by atoms with Crippen LogP contribution in [-0.4, -0.2) is 44.8 Å². The van der Waals surface area contributed by atoms with E-state index in [1.807, 2.05) is 30.3 Å². The summed E-state index contributed by atoms with van der Waals surface area (Å²) >= 11 is 15.8.